The van der Waals surface area contributed by atoms with Crippen LogP contribution in [-0.4, -0.2) is 15.5 Å². The molecule has 1 amide bonds. The van der Waals surface area contributed by atoms with Gasteiger partial charge in [-0.1, -0.05) is 29.8 Å². The van der Waals surface area contributed by atoms with Crippen molar-refractivity contribution in [1.82, 2.24) is 9.55 Å². The van der Waals surface area contributed by atoms with Crippen LogP contribution >= 0.6 is 11.3 Å². The summed E-state index contributed by atoms with van der Waals surface area (Å²) in [6.45, 7) is 4.43. The van der Waals surface area contributed by atoms with Crippen molar-refractivity contribution in [3.8, 4) is 0 Å². The molecule has 122 valence electrons. The summed E-state index contributed by atoms with van der Waals surface area (Å²) in [6, 6.07) is 11.4. The predicted octanol–water partition coefficient (Wildman–Crippen LogP) is 2.64. The molecule has 0 spiro atoms. The zero-order chi connectivity index (χ0) is 17.1. The summed E-state index contributed by atoms with van der Waals surface area (Å²) in [7, 11) is 0. The largest absolute Gasteiger partial charge is 0.326 e. The molecule has 0 aliphatic rings. The molecule has 0 atom stereocenters. The molecule has 0 aliphatic heterocycles. The summed E-state index contributed by atoms with van der Waals surface area (Å²) in [5, 5.41) is 1.87. The fourth-order valence-electron chi connectivity index (χ4n) is 2.28. The number of aryl methyl sites for hydroxylation is 2. The first-order valence-electron chi connectivity index (χ1n) is 7.51. The van der Waals surface area contributed by atoms with Crippen LogP contribution in [0.25, 0.3) is 0 Å². The van der Waals surface area contributed by atoms with Crippen LogP contribution in [0.4, 0.5) is 0 Å². The standard InChI is InChI=1S/C18H17N3O2S/c1-12-3-6-14(7-4-12)11-21-9-10-24-18(21)20-17(23)15-8-5-13(2)19-16(15)22/h3-10H,11H2,1-2H3,(H,19,22). The lowest BCUT2D eigenvalue weighted by atomic mass is 10.1. The molecule has 2 aromatic heterocycles. The van der Waals surface area contributed by atoms with E-state index in [1.54, 1.807) is 13.0 Å². The van der Waals surface area contributed by atoms with Crippen molar-refractivity contribution >= 4 is 17.2 Å². The summed E-state index contributed by atoms with van der Waals surface area (Å²) in [6.07, 6.45) is 1.88. The van der Waals surface area contributed by atoms with E-state index in [4.69, 9.17) is 0 Å². The first-order valence-corrected chi connectivity index (χ1v) is 8.39. The number of aromatic amines is 1. The highest BCUT2D eigenvalue weighted by Gasteiger charge is 2.10. The smallest absolute Gasteiger partial charge is 0.285 e. The van der Waals surface area contributed by atoms with Crippen molar-refractivity contribution in [2.75, 3.05) is 0 Å². The lowest BCUT2D eigenvalue weighted by molar-refractivity contribution is 0.0996. The van der Waals surface area contributed by atoms with Gasteiger partial charge in [-0.05, 0) is 31.5 Å². The minimum absolute atomic E-state index is 0.0517. The average Bonchev–Trinajstić information content (AvgIpc) is 2.96. The third-order valence-corrected chi connectivity index (χ3v) is 4.41. The number of rotatable bonds is 3. The van der Waals surface area contributed by atoms with Crippen molar-refractivity contribution in [2.24, 2.45) is 4.99 Å². The van der Waals surface area contributed by atoms with Gasteiger partial charge in [0.15, 0.2) is 4.80 Å². The Labute approximate surface area is 143 Å². The van der Waals surface area contributed by atoms with Crippen molar-refractivity contribution in [2.45, 2.75) is 20.4 Å². The SMILES string of the molecule is Cc1ccc(Cn2ccsc2=NC(=O)c2ccc(C)[nH]c2=O)cc1. The molecule has 0 fully saturated rings. The van der Waals surface area contributed by atoms with Gasteiger partial charge in [0.1, 0.15) is 5.56 Å². The van der Waals surface area contributed by atoms with E-state index in [1.807, 2.05) is 23.1 Å². The number of hydrogen-bond acceptors (Lipinski definition) is 3. The van der Waals surface area contributed by atoms with E-state index in [2.05, 4.69) is 34.2 Å². The quantitative estimate of drug-likeness (QED) is 0.797. The second-order valence-electron chi connectivity index (χ2n) is 5.60. The van der Waals surface area contributed by atoms with Gasteiger partial charge in [0.05, 0.1) is 0 Å². The minimum Gasteiger partial charge on any atom is -0.326 e. The molecule has 1 aromatic carbocycles. The van der Waals surface area contributed by atoms with Gasteiger partial charge in [-0.25, -0.2) is 0 Å². The Balaban J connectivity index is 1.91. The average molecular weight is 339 g/mol. The molecule has 0 bridgehead atoms. The summed E-state index contributed by atoms with van der Waals surface area (Å²) >= 11 is 1.37. The molecule has 0 radical (unpaired) electrons. The number of benzene rings is 1. The van der Waals surface area contributed by atoms with E-state index in [1.165, 1.54) is 23.0 Å². The molecule has 5 nitrogen and oxygen atoms in total. The first-order chi connectivity index (χ1) is 11.5. The molecule has 0 aliphatic carbocycles. The highest BCUT2D eigenvalue weighted by Crippen LogP contribution is 2.05. The van der Waals surface area contributed by atoms with Crippen molar-refractivity contribution in [3.05, 3.63) is 85.5 Å². The van der Waals surface area contributed by atoms with Crippen LogP contribution in [-0.2, 0) is 6.54 Å². The van der Waals surface area contributed by atoms with Gasteiger partial charge < -0.3 is 9.55 Å². The Morgan fingerprint density at radius 3 is 2.62 bits per heavy atom. The van der Waals surface area contributed by atoms with Crippen LogP contribution in [0.2, 0.25) is 0 Å². The summed E-state index contributed by atoms with van der Waals surface area (Å²) in [4.78, 5) is 31.5. The van der Waals surface area contributed by atoms with Crippen LogP contribution in [0.3, 0.4) is 0 Å². The van der Waals surface area contributed by atoms with E-state index >= 15 is 0 Å². The Morgan fingerprint density at radius 2 is 1.92 bits per heavy atom. The van der Waals surface area contributed by atoms with Crippen LogP contribution in [0.5, 0.6) is 0 Å². The molecule has 1 N–H and O–H groups in total. The van der Waals surface area contributed by atoms with E-state index in [-0.39, 0.29) is 5.56 Å². The summed E-state index contributed by atoms with van der Waals surface area (Å²) in [5.74, 6) is -0.531. The Hall–Kier alpha value is -2.73. The molecular weight excluding hydrogens is 322 g/mol. The lowest BCUT2D eigenvalue weighted by Crippen LogP contribution is -2.21. The lowest BCUT2D eigenvalue weighted by Gasteiger charge is -2.03. The fourth-order valence-corrected chi connectivity index (χ4v) is 3.01. The van der Waals surface area contributed by atoms with Crippen molar-refractivity contribution in [3.63, 3.8) is 0 Å². The maximum absolute atomic E-state index is 12.3. The number of pyridine rings is 1. The third-order valence-electron chi connectivity index (χ3n) is 3.62. The van der Waals surface area contributed by atoms with Crippen LogP contribution in [0, 0.1) is 13.8 Å². The van der Waals surface area contributed by atoms with Gasteiger partial charge in [0.25, 0.3) is 11.5 Å². The fraction of sp³-hybridized carbons (Fsp3) is 0.167. The van der Waals surface area contributed by atoms with Crippen LogP contribution in [0.1, 0.15) is 27.2 Å². The molecular formula is C18H17N3O2S. The minimum atomic E-state index is -0.531. The van der Waals surface area contributed by atoms with Gasteiger partial charge in [-0.3, -0.25) is 9.59 Å². The molecule has 0 unspecified atom stereocenters. The van der Waals surface area contributed by atoms with Gasteiger partial charge >= 0.3 is 0 Å². The number of carbonyl (C=O) groups excluding carboxylic acids is 1. The topological polar surface area (TPSA) is 67.2 Å². The van der Waals surface area contributed by atoms with E-state index in [0.717, 1.165) is 5.56 Å². The maximum Gasteiger partial charge on any atom is 0.285 e. The Bertz CT molecular complexity index is 994. The molecule has 0 saturated carbocycles. The first kappa shape index (κ1) is 16.1. The van der Waals surface area contributed by atoms with Gasteiger partial charge in [-0.15, -0.1) is 11.3 Å². The molecule has 2 heterocycles. The number of amides is 1. The second-order valence-corrected chi connectivity index (χ2v) is 6.47. The van der Waals surface area contributed by atoms with E-state index in [0.29, 0.717) is 17.0 Å². The van der Waals surface area contributed by atoms with E-state index in [9.17, 15) is 9.59 Å². The molecule has 6 heteroatoms. The zero-order valence-corrected chi connectivity index (χ0v) is 14.3. The highest BCUT2D eigenvalue weighted by molar-refractivity contribution is 7.07. The van der Waals surface area contributed by atoms with Crippen molar-refractivity contribution < 1.29 is 4.79 Å². The molecule has 0 saturated heterocycles. The van der Waals surface area contributed by atoms with Crippen molar-refractivity contribution in [1.29, 1.82) is 0 Å². The number of aromatic nitrogens is 2. The predicted molar refractivity (Wildman–Crippen MR) is 94.3 cm³/mol. The summed E-state index contributed by atoms with van der Waals surface area (Å²) < 4.78 is 1.90. The Kier molecular flexibility index (Phi) is 4.57. The van der Waals surface area contributed by atoms with Gasteiger partial charge in [-0.2, -0.15) is 4.99 Å². The zero-order valence-electron chi connectivity index (χ0n) is 13.4. The number of hydrogen-bond donors (Lipinski definition) is 1. The molecule has 3 rings (SSSR count). The number of nitrogens with one attached hydrogen (secondary N) is 1. The van der Waals surface area contributed by atoms with Crippen LogP contribution < -0.4 is 10.4 Å². The van der Waals surface area contributed by atoms with Gasteiger partial charge in [0, 0.05) is 23.8 Å². The number of H-pyrrole nitrogens is 1. The monoisotopic (exact) mass is 339 g/mol. The highest BCUT2D eigenvalue weighted by atomic mass is 32.1. The summed E-state index contributed by atoms with van der Waals surface area (Å²) in [5.41, 5.74) is 2.68. The second kappa shape index (κ2) is 6.80. The van der Waals surface area contributed by atoms with Crippen LogP contribution in [0.15, 0.2) is 57.8 Å². The number of carbonyl (C=O) groups is 1. The third kappa shape index (κ3) is 3.60. The molecule has 24 heavy (non-hydrogen) atoms. The maximum atomic E-state index is 12.3. The number of nitrogens with zero attached hydrogens (tertiary/aromatic N) is 2. The Morgan fingerprint density at radius 1 is 1.17 bits per heavy atom. The normalized spacial score (nSPS) is 11.7. The van der Waals surface area contributed by atoms with E-state index < -0.39 is 11.5 Å². The number of thiazole rings is 1. The molecule has 3 aromatic rings. The van der Waals surface area contributed by atoms with Gasteiger partial charge in [0.2, 0.25) is 0 Å².